The summed E-state index contributed by atoms with van der Waals surface area (Å²) < 4.78 is 0. The molecule has 1 aliphatic heterocycles. The maximum Gasteiger partial charge on any atom is 0.253 e. The fraction of sp³-hybridized carbons (Fsp3) is 0.500. The van der Waals surface area contributed by atoms with Crippen molar-refractivity contribution in [2.24, 2.45) is 0 Å². The van der Waals surface area contributed by atoms with Gasteiger partial charge in [-0.25, -0.2) is 0 Å². The van der Waals surface area contributed by atoms with E-state index < -0.39 is 0 Å². The van der Waals surface area contributed by atoms with Gasteiger partial charge in [-0.3, -0.25) is 4.79 Å². The van der Waals surface area contributed by atoms with Crippen molar-refractivity contribution in [3.05, 3.63) is 35.4 Å². The number of hydrogen-bond donors (Lipinski definition) is 0. The first-order valence-corrected chi connectivity index (χ1v) is 7.07. The van der Waals surface area contributed by atoms with E-state index >= 15 is 0 Å². The Morgan fingerprint density at radius 1 is 1.11 bits per heavy atom. The monoisotopic (exact) mass is 259 g/mol. The van der Waals surface area contributed by atoms with Crippen LogP contribution >= 0.6 is 0 Å². The van der Waals surface area contributed by atoms with Crippen LogP contribution in [0, 0.1) is 0 Å². The van der Waals surface area contributed by atoms with Gasteiger partial charge in [0.2, 0.25) is 0 Å². The number of benzene rings is 1. The molecule has 0 spiro atoms. The lowest BCUT2D eigenvalue weighted by Crippen LogP contribution is -2.31. The van der Waals surface area contributed by atoms with E-state index in [1.54, 1.807) is 0 Å². The second kappa shape index (κ2) is 6.50. The van der Waals surface area contributed by atoms with E-state index in [1.165, 1.54) is 12.8 Å². The molecule has 1 fully saturated rings. The molecule has 1 aliphatic rings. The van der Waals surface area contributed by atoms with Crippen LogP contribution in [0.1, 0.15) is 54.4 Å². The molecule has 0 bridgehead atoms. The van der Waals surface area contributed by atoms with E-state index in [9.17, 15) is 9.59 Å². The first-order chi connectivity index (χ1) is 9.22. The molecule has 1 unspecified atom stereocenters. The van der Waals surface area contributed by atoms with Crippen LogP contribution in [0.5, 0.6) is 0 Å². The fourth-order valence-electron chi connectivity index (χ4n) is 2.46. The van der Waals surface area contributed by atoms with Crippen LogP contribution in [0.15, 0.2) is 24.3 Å². The number of likely N-dealkylation sites (tertiary alicyclic amines) is 1. The van der Waals surface area contributed by atoms with E-state index in [0.29, 0.717) is 0 Å². The normalized spacial score (nSPS) is 17.6. The highest BCUT2D eigenvalue weighted by atomic mass is 16.2. The summed E-state index contributed by atoms with van der Waals surface area (Å²) in [4.78, 5) is 25.0. The smallest absolute Gasteiger partial charge is 0.253 e. The van der Waals surface area contributed by atoms with Crippen molar-refractivity contribution >= 4 is 12.2 Å². The fourth-order valence-corrected chi connectivity index (χ4v) is 2.46. The molecule has 0 aromatic heterocycles. The van der Waals surface area contributed by atoms with E-state index in [2.05, 4.69) is 0 Å². The standard InChI is InChI=1S/C16H21NO2/c1-13(12-18)14-6-8-15(9-7-14)16(19)17-10-4-2-3-5-11-17/h6-9,12-13H,2-5,10-11H2,1H3. The largest absolute Gasteiger partial charge is 0.339 e. The highest BCUT2D eigenvalue weighted by Crippen LogP contribution is 2.17. The second-order valence-electron chi connectivity index (χ2n) is 5.25. The molecule has 1 heterocycles. The highest BCUT2D eigenvalue weighted by Gasteiger charge is 2.17. The van der Waals surface area contributed by atoms with Gasteiger partial charge in [0.05, 0.1) is 0 Å². The Labute approximate surface area is 114 Å². The average Bonchev–Trinajstić information content (AvgIpc) is 2.75. The lowest BCUT2D eigenvalue weighted by Gasteiger charge is -2.20. The van der Waals surface area contributed by atoms with Crippen molar-refractivity contribution in [2.45, 2.75) is 38.5 Å². The lowest BCUT2D eigenvalue weighted by atomic mass is 10.0. The van der Waals surface area contributed by atoms with Crippen molar-refractivity contribution in [3.63, 3.8) is 0 Å². The van der Waals surface area contributed by atoms with Crippen molar-refractivity contribution in [1.29, 1.82) is 0 Å². The molecular weight excluding hydrogens is 238 g/mol. The van der Waals surface area contributed by atoms with Gasteiger partial charge in [0.15, 0.2) is 0 Å². The minimum atomic E-state index is -0.109. The molecule has 3 nitrogen and oxygen atoms in total. The van der Waals surface area contributed by atoms with Gasteiger partial charge in [-0.05, 0) is 30.5 Å². The van der Waals surface area contributed by atoms with Gasteiger partial charge in [0.1, 0.15) is 6.29 Å². The molecule has 102 valence electrons. The molecule has 2 rings (SSSR count). The molecule has 1 saturated heterocycles. The molecule has 1 aromatic rings. The van der Waals surface area contributed by atoms with Gasteiger partial charge >= 0.3 is 0 Å². The van der Waals surface area contributed by atoms with Gasteiger partial charge in [-0.15, -0.1) is 0 Å². The third-order valence-corrected chi connectivity index (χ3v) is 3.78. The molecule has 19 heavy (non-hydrogen) atoms. The van der Waals surface area contributed by atoms with Crippen molar-refractivity contribution in [1.82, 2.24) is 4.90 Å². The molecule has 3 heteroatoms. The summed E-state index contributed by atoms with van der Waals surface area (Å²) in [5.74, 6) is 0.00884. The summed E-state index contributed by atoms with van der Waals surface area (Å²) in [6, 6.07) is 7.43. The minimum Gasteiger partial charge on any atom is -0.339 e. The number of amides is 1. The number of hydrogen-bond acceptors (Lipinski definition) is 2. The summed E-state index contributed by atoms with van der Waals surface area (Å²) in [5, 5.41) is 0. The first kappa shape index (κ1) is 13.8. The van der Waals surface area contributed by atoms with Crippen LogP contribution in [0.2, 0.25) is 0 Å². The van der Waals surface area contributed by atoms with Gasteiger partial charge < -0.3 is 9.69 Å². The molecule has 0 aliphatic carbocycles. The van der Waals surface area contributed by atoms with Crippen LogP contribution in [0.25, 0.3) is 0 Å². The quantitative estimate of drug-likeness (QED) is 0.782. The van der Waals surface area contributed by atoms with Gasteiger partial charge in [-0.1, -0.05) is 31.9 Å². The molecule has 1 atom stereocenters. The minimum absolute atomic E-state index is 0.109. The van der Waals surface area contributed by atoms with Crippen LogP contribution in [-0.2, 0) is 4.79 Å². The van der Waals surface area contributed by atoms with Gasteiger partial charge in [0, 0.05) is 24.6 Å². The van der Waals surface area contributed by atoms with E-state index in [0.717, 1.165) is 43.3 Å². The number of rotatable bonds is 3. The zero-order chi connectivity index (χ0) is 13.7. The zero-order valence-corrected chi connectivity index (χ0v) is 11.5. The molecule has 0 N–H and O–H groups in total. The Kier molecular flexibility index (Phi) is 4.72. The topological polar surface area (TPSA) is 37.4 Å². The van der Waals surface area contributed by atoms with Crippen LogP contribution in [0.4, 0.5) is 0 Å². The van der Waals surface area contributed by atoms with Gasteiger partial charge in [0.25, 0.3) is 5.91 Å². The van der Waals surface area contributed by atoms with Gasteiger partial charge in [-0.2, -0.15) is 0 Å². The van der Waals surface area contributed by atoms with Crippen LogP contribution in [-0.4, -0.2) is 30.2 Å². The maximum absolute atomic E-state index is 12.4. The predicted molar refractivity (Wildman–Crippen MR) is 75.3 cm³/mol. The Balaban J connectivity index is 2.08. The molecular formula is C16H21NO2. The lowest BCUT2D eigenvalue weighted by molar-refractivity contribution is -0.108. The summed E-state index contributed by atoms with van der Waals surface area (Å²) in [6.07, 6.45) is 5.57. The average molecular weight is 259 g/mol. The Bertz CT molecular complexity index is 431. The first-order valence-electron chi connectivity index (χ1n) is 7.07. The van der Waals surface area contributed by atoms with E-state index in [1.807, 2.05) is 36.1 Å². The number of carbonyl (C=O) groups excluding carboxylic acids is 2. The SMILES string of the molecule is CC(C=O)c1ccc(C(=O)N2CCCCCC2)cc1. The highest BCUT2D eigenvalue weighted by molar-refractivity contribution is 5.94. The van der Waals surface area contributed by atoms with Crippen molar-refractivity contribution < 1.29 is 9.59 Å². The summed E-state index contributed by atoms with van der Waals surface area (Å²) in [6.45, 7) is 3.59. The maximum atomic E-state index is 12.4. The van der Waals surface area contributed by atoms with Crippen LogP contribution < -0.4 is 0 Å². The molecule has 1 aromatic carbocycles. The number of carbonyl (C=O) groups is 2. The summed E-state index contributed by atoms with van der Waals surface area (Å²) >= 11 is 0. The third kappa shape index (κ3) is 3.43. The zero-order valence-electron chi connectivity index (χ0n) is 11.5. The molecule has 0 radical (unpaired) electrons. The van der Waals surface area contributed by atoms with Crippen molar-refractivity contribution in [3.8, 4) is 0 Å². The van der Waals surface area contributed by atoms with Crippen LogP contribution in [0.3, 0.4) is 0 Å². The third-order valence-electron chi connectivity index (χ3n) is 3.78. The Morgan fingerprint density at radius 3 is 2.21 bits per heavy atom. The summed E-state index contributed by atoms with van der Waals surface area (Å²) in [7, 11) is 0. The van der Waals surface area contributed by atoms with Crippen molar-refractivity contribution in [2.75, 3.05) is 13.1 Å². The Morgan fingerprint density at radius 2 is 1.68 bits per heavy atom. The summed E-state index contributed by atoms with van der Waals surface area (Å²) in [5.41, 5.74) is 1.69. The van der Waals surface area contributed by atoms with E-state index in [-0.39, 0.29) is 11.8 Å². The Hall–Kier alpha value is -1.64. The molecule has 1 amide bonds. The van der Waals surface area contributed by atoms with E-state index in [4.69, 9.17) is 0 Å². The predicted octanol–water partition coefficient (Wildman–Crippen LogP) is 3.01. The number of nitrogens with zero attached hydrogens (tertiary/aromatic N) is 1. The number of aldehydes is 1. The second-order valence-corrected chi connectivity index (χ2v) is 5.25. The molecule has 0 saturated carbocycles.